The number of rotatable bonds is 5. The molecule has 0 aromatic heterocycles. The number of benzene rings is 1. The third-order valence-corrected chi connectivity index (χ3v) is 7.90. The van der Waals surface area contributed by atoms with Gasteiger partial charge in [0.1, 0.15) is 0 Å². The van der Waals surface area contributed by atoms with Crippen molar-refractivity contribution < 1.29 is 13.2 Å². The molecule has 0 spiro atoms. The summed E-state index contributed by atoms with van der Waals surface area (Å²) < 4.78 is 27.1. The van der Waals surface area contributed by atoms with Crippen molar-refractivity contribution in [2.24, 2.45) is 11.3 Å². The van der Waals surface area contributed by atoms with Gasteiger partial charge in [0.2, 0.25) is 10.0 Å². The number of amides is 1. The molecule has 1 amide bonds. The molecule has 2 saturated heterocycles. The van der Waals surface area contributed by atoms with Gasteiger partial charge >= 0.3 is 0 Å². The van der Waals surface area contributed by atoms with Crippen LogP contribution in [0, 0.1) is 11.3 Å². The molecule has 2 aliphatic heterocycles. The highest BCUT2D eigenvalue weighted by molar-refractivity contribution is 7.89. The predicted octanol–water partition coefficient (Wildman–Crippen LogP) is 2.65. The molecule has 0 unspecified atom stereocenters. The summed E-state index contributed by atoms with van der Waals surface area (Å²) in [7, 11) is -3.47. The third kappa shape index (κ3) is 5.47. The minimum absolute atomic E-state index is 0. The zero-order chi connectivity index (χ0) is 19.5. The van der Waals surface area contributed by atoms with E-state index in [1.54, 1.807) is 28.6 Å². The number of nitrogens with zero attached hydrogens (tertiary/aromatic N) is 1. The van der Waals surface area contributed by atoms with E-state index in [4.69, 9.17) is 0 Å². The van der Waals surface area contributed by atoms with Crippen LogP contribution < -0.4 is 10.6 Å². The maximum atomic E-state index is 12.8. The predicted molar refractivity (Wildman–Crippen MR) is 113 cm³/mol. The van der Waals surface area contributed by atoms with Crippen LogP contribution in [0.3, 0.4) is 0 Å². The van der Waals surface area contributed by atoms with Crippen molar-refractivity contribution in [3.05, 3.63) is 29.8 Å². The number of carbonyl (C=O) groups excluding carboxylic acids is 1. The number of hydrogen-bond donors (Lipinski definition) is 2. The first-order chi connectivity index (χ1) is 12.8. The summed E-state index contributed by atoms with van der Waals surface area (Å²) in [5.41, 5.74) is 0.619. The summed E-state index contributed by atoms with van der Waals surface area (Å²) in [6.07, 6.45) is 3.87. The van der Waals surface area contributed by atoms with Gasteiger partial charge in [-0.1, -0.05) is 13.8 Å². The fourth-order valence-electron chi connectivity index (χ4n) is 3.76. The van der Waals surface area contributed by atoms with E-state index in [9.17, 15) is 13.2 Å². The van der Waals surface area contributed by atoms with Crippen molar-refractivity contribution >= 4 is 28.3 Å². The first-order valence-electron chi connectivity index (χ1n) is 9.89. The molecule has 158 valence electrons. The standard InChI is InChI=1S/C20H31N3O3S.ClH/c1-16-7-13-23(14-8-16)27(25,26)18-5-3-17(4-6-18)19(24)22-15-20(2)9-11-21-12-10-20;/h3-6,16,21H,7-15H2,1-2H3,(H,22,24);1H. The van der Waals surface area contributed by atoms with Crippen molar-refractivity contribution in [3.63, 3.8) is 0 Å². The minimum atomic E-state index is -3.47. The van der Waals surface area contributed by atoms with E-state index < -0.39 is 10.0 Å². The molecule has 0 bridgehead atoms. The molecule has 2 aliphatic rings. The Morgan fingerprint density at radius 3 is 2.32 bits per heavy atom. The van der Waals surface area contributed by atoms with E-state index in [2.05, 4.69) is 24.5 Å². The van der Waals surface area contributed by atoms with Gasteiger partial charge in [0.05, 0.1) is 4.90 Å². The van der Waals surface area contributed by atoms with Crippen LogP contribution in [0.5, 0.6) is 0 Å². The van der Waals surface area contributed by atoms with E-state index >= 15 is 0 Å². The van der Waals surface area contributed by atoms with E-state index in [0.717, 1.165) is 38.8 Å². The Bertz CT molecular complexity index is 753. The highest BCUT2D eigenvalue weighted by atomic mass is 35.5. The van der Waals surface area contributed by atoms with Crippen LogP contribution in [-0.4, -0.2) is 51.4 Å². The molecule has 1 aromatic rings. The topological polar surface area (TPSA) is 78.5 Å². The van der Waals surface area contributed by atoms with Gasteiger partial charge in [-0.3, -0.25) is 4.79 Å². The summed E-state index contributed by atoms with van der Waals surface area (Å²) in [6.45, 7) is 8.09. The second-order valence-corrected chi connectivity index (χ2v) is 10.3. The number of carbonyl (C=O) groups is 1. The summed E-state index contributed by atoms with van der Waals surface area (Å²) in [5, 5.41) is 6.34. The second kappa shape index (κ2) is 9.57. The lowest BCUT2D eigenvalue weighted by Gasteiger charge is -2.34. The molecule has 0 atom stereocenters. The van der Waals surface area contributed by atoms with Gasteiger partial charge in [-0.05, 0) is 74.4 Å². The monoisotopic (exact) mass is 429 g/mol. The quantitative estimate of drug-likeness (QED) is 0.754. The van der Waals surface area contributed by atoms with Crippen LogP contribution in [-0.2, 0) is 10.0 Å². The lowest BCUT2D eigenvalue weighted by atomic mass is 9.81. The number of hydrogen-bond acceptors (Lipinski definition) is 4. The Labute approximate surface area is 174 Å². The number of halogens is 1. The molecule has 1 aromatic carbocycles. The minimum Gasteiger partial charge on any atom is -0.351 e. The molecule has 2 fully saturated rings. The largest absolute Gasteiger partial charge is 0.351 e. The molecule has 28 heavy (non-hydrogen) atoms. The van der Waals surface area contributed by atoms with Crippen molar-refractivity contribution in [3.8, 4) is 0 Å². The van der Waals surface area contributed by atoms with E-state index in [1.807, 2.05) is 0 Å². The molecule has 0 saturated carbocycles. The Kier molecular flexibility index (Phi) is 7.90. The summed E-state index contributed by atoms with van der Waals surface area (Å²) >= 11 is 0. The molecular formula is C20H32ClN3O3S. The molecule has 2 N–H and O–H groups in total. The molecule has 3 rings (SSSR count). The zero-order valence-corrected chi connectivity index (χ0v) is 18.4. The molecule has 6 nitrogen and oxygen atoms in total. The maximum absolute atomic E-state index is 12.8. The highest BCUT2D eigenvalue weighted by Gasteiger charge is 2.29. The van der Waals surface area contributed by atoms with Crippen molar-refractivity contribution in [2.45, 2.75) is 44.4 Å². The first kappa shape index (κ1) is 23.1. The van der Waals surface area contributed by atoms with Gasteiger partial charge in [0.15, 0.2) is 0 Å². The third-order valence-electron chi connectivity index (χ3n) is 5.98. The van der Waals surface area contributed by atoms with Crippen LogP contribution in [0.15, 0.2) is 29.2 Å². The van der Waals surface area contributed by atoms with Crippen LogP contribution in [0.1, 0.15) is 49.9 Å². The van der Waals surface area contributed by atoms with Gasteiger partial charge in [0, 0.05) is 25.2 Å². The van der Waals surface area contributed by atoms with Crippen molar-refractivity contribution in [2.75, 3.05) is 32.7 Å². The number of piperidine rings is 2. The smallest absolute Gasteiger partial charge is 0.251 e. The van der Waals surface area contributed by atoms with Gasteiger partial charge < -0.3 is 10.6 Å². The Morgan fingerprint density at radius 1 is 1.18 bits per heavy atom. The Morgan fingerprint density at radius 2 is 1.75 bits per heavy atom. The lowest BCUT2D eigenvalue weighted by molar-refractivity contribution is 0.0922. The van der Waals surface area contributed by atoms with Crippen LogP contribution >= 0.6 is 12.4 Å². The Hall–Kier alpha value is -1.15. The van der Waals surface area contributed by atoms with Gasteiger partial charge in [-0.15, -0.1) is 12.4 Å². The van der Waals surface area contributed by atoms with Crippen LogP contribution in [0.4, 0.5) is 0 Å². The number of sulfonamides is 1. The average molecular weight is 430 g/mol. The summed E-state index contributed by atoms with van der Waals surface area (Å²) in [4.78, 5) is 12.7. The molecule has 2 heterocycles. The van der Waals surface area contributed by atoms with Gasteiger partial charge in [-0.25, -0.2) is 8.42 Å². The fraction of sp³-hybridized carbons (Fsp3) is 0.650. The van der Waals surface area contributed by atoms with Crippen molar-refractivity contribution in [1.29, 1.82) is 0 Å². The second-order valence-electron chi connectivity index (χ2n) is 8.35. The van der Waals surface area contributed by atoms with Gasteiger partial charge in [-0.2, -0.15) is 4.31 Å². The average Bonchev–Trinajstić information content (AvgIpc) is 2.67. The lowest BCUT2D eigenvalue weighted by Crippen LogP contribution is -2.42. The molecule has 0 aliphatic carbocycles. The van der Waals surface area contributed by atoms with E-state index in [0.29, 0.717) is 31.1 Å². The Balaban J connectivity index is 0.00000280. The van der Waals surface area contributed by atoms with Crippen molar-refractivity contribution in [1.82, 2.24) is 14.9 Å². The summed E-state index contributed by atoms with van der Waals surface area (Å²) in [6, 6.07) is 6.32. The zero-order valence-electron chi connectivity index (χ0n) is 16.7. The normalized spacial score (nSPS) is 20.9. The van der Waals surface area contributed by atoms with Crippen LogP contribution in [0.2, 0.25) is 0 Å². The molecular weight excluding hydrogens is 398 g/mol. The SMILES string of the molecule is CC1CCN(S(=O)(=O)c2ccc(C(=O)NCC3(C)CCNCC3)cc2)CC1.Cl. The summed E-state index contributed by atoms with van der Waals surface area (Å²) in [5.74, 6) is 0.426. The highest BCUT2D eigenvalue weighted by Crippen LogP contribution is 2.27. The van der Waals surface area contributed by atoms with Crippen LogP contribution in [0.25, 0.3) is 0 Å². The van der Waals surface area contributed by atoms with Gasteiger partial charge in [0.25, 0.3) is 5.91 Å². The number of nitrogens with one attached hydrogen (secondary N) is 2. The molecule has 0 radical (unpaired) electrons. The molecule has 8 heteroatoms. The maximum Gasteiger partial charge on any atom is 0.251 e. The first-order valence-corrected chi connectivity index (χ1v) is 11.3. The fourth-order valence-corrected chi connectivity index (χ4v) is 5.23. The van der Waals surface area contributed by atoms with E-state index in [-0.39, 0.29) is 28.6 Å². The van der Waals surface area contributed by atoms with E-state index in [1.165, 1.54) is 0 Å².